The number of hydrogen-bond donors (Lipinski definition) is 0. The summed E-state index contributed by atoms with van der Waals surface area (Å²) in [5.41, 5.74) is -0.607. The van der Waals surface area contributed by atoms with E-state index in [-0.39, 0.29) is 18.0 Å². The number of carbonyl (C=O) groups is 1. The summed E-state index contributed by atoms with van der Waals surface area (Å²) in [6.45, 7) is -1.51. The first-order valence-electron chi connectivity index (χ1n) is 8.87. The number of anilines is 1. The van der Waals surface area contributed by atoms with Crippen molar-refractivity contribution in [1.29, 1.82) is 0 Å². The number of alkyl halides is 6. The van der Waals surface area contributed by atoms with Gasteiger partial charge in [0.15, 0.2) is 0 Å². The van der Waals surface area contributed by atoms with Crippen molar-refractivity contribution in [3.05, 3.63) is 24.3 Å². The van der Waals surface area contributed by atoms with E-state index in [1.165, 1.54) is 12.1 Å². The van der Waals surface area contributed by atoms with Crippen molar-refractivity contribution >= 4 is 11.6 Å². The third kappa shape index (κ3) is 4.71. The molecule has 0 N–H and O–H groups in total. The number of rotatable bonds is 4. The molecule has 1 aliphatic heterocycles. The van der Waals surface area contributed by atoms with Crippen molar-refractivity contribution in [1.82, 2.24) is 0 Å². The predicted octanol–water partition coefficient (Wildman–Crippen LogP) is 5.18. The molecule has 0 aromatic heterocycles. The molecule has 1 aliphatic carbocycles. The van der Waals surface area contributed by atoms with E-state index >= 15 is 0 Å². The number of ether oxygens (including phenoxy) is 2. The average Bonchev–Trinajstić information content (AvgIpc) is 2.85. The monoisotopic (exact) mass is 411 g/mol. The summed E-state index contributed by atoms with van der Waals surface area (Å²) in [4.78, 5) is 14.2. The molecule has 3 rings (SSSR count). The van der Waals surface area contributed by atoms with Gasteiger partial charge in [-0.3, -0.25) is 9.69 Å². The van der Waals surface area contributed by atoms with Gasteiger partial charge in [-0.2, -0.15) is 13.2 Å². The first-order valence-corrected chi connectivity index (χ1v) is 8.87. The van der Waals surface area contributed by atoms with Gasteiger partial charge >= 0.3 is 12.5 Å². The van der Waals surface area contributed by atoms with Crippen LogP contribution in [0.1, 0.15) is 38.5 Å². The molecule has 1 amide bonds. The summed E-state index contributed by atoms with van der Waals surface area (Å²) >= 11 is 0. The molecule has 1 saturated carbocycles. The SMILES string of the molecule is O=C1N(c2ccc(OC(F)(F)F)cc2)C(OCC(F)(F)F)CC12CCCCC2. The van der Waals surface area contributed by atoms with Crippen LogP contribution in [-0.4, -0.2) is 31.3 Å². The standard InChI is InChI=1S/C18H19F6NO3/c19-17(20,21)11-27-14-10-16(8-2-1-3-9-16)15(26)25(14)12-4-6-13(7-5-12)28-18(22,23)24/h4-7,14H,1-3,8-11H2. The highest BCUT2D eigenvalue weighted by Crippen LogP contribution is 2.49. The van der Waals surface area contributed by atoms with E-state index in [4.69, 9.17) is 4.74 Å². The molecular formula is C18H19F6NO3. The lowest BCUT2D eigenvalue weighted by molar-refractivity contribution is -0.274. The Bertz CT molecular complexity index is 695. The zero-order valence-electron chi connectivity index (χ0n) is 14.8. The minimum atomic E-state index is -4.87. The fraction of sp³-hybridized carbons (Fsp3) is 0.611. The molecule has 2 fully saturated rings. The van der Waals surface area contributed by atoms with Crippen molar-refractivity contribution in [3.8, 4) is 5.75 Å². The van der Waals surface area contributed by atoms with Crippen LogP contribution in [0.25, 0.3) is 0 Å². The molecule has 0 radical (unpaired) electrons. The van der Waals surface area contributed by atoms with Gasteiger partial charge in [-0.1, -0.05) is 19.3 Å². The number of hydrogen-bond acceptors (Lipinski definition) is 3. The number of benzene rings is 1. The fourth-order valence-electron chi connectivity index (χ4n) is 3.96. The zero-order valence-corrected chi connectivity index (χ0v) is 14.8. The largest absolute Gasteiger partial charge is 0.573 e. The van der Waals surface area contributed by atoms with Gasteiger partial charge < -0.3 is 9.47 Å². The maximum Gasteiger partial charge on any atom is 0.573 e. The molecule has 1 aromatic carbocycles. The van der Waals surface area contributed by atoms with Crippen LogP contribution >= 0.6 is 0 Å². The van der Waals surface area contributed by atoms with Gasteiger partial charge in [0.1, 0.15) is 18.6 Å². The molecule has 1 spiro atoms. The Balaban J connectivity index is 1.84. The number of halogens is 6. The Morgan fingerprint density at radius 2 is 1.61 bits per heavy atom. The highest BCUT2D eigenvalue weighted by Gasteiger charge is 2.53. The van der Waals surface area contributed by atoms with E-state index < -0.39 is 36.5 Å². The molecule has 1 atom stereocenters. The normalized spacial score (nSPS) is 22.7. The minimum Gasteiger partial charge on any atom is -0.406 e. The van der Waals surface area contributed by atoms with Gasteiger partial charge in [0, 0.05) is 12.1 Å². The topological polar surface area (TPSA) is 38.8 Å². The van der Waals surface area contributed by atoms with E-state index in [0.29, 0.717) is 12.8 Å². The molecule has 4 nitrogen and oxygen atoms in total. The second-order valence-electron chi connectivity index (χ2n) is 7.14. The quantitative estimate of drug-likeness (QED) is 0.641. The summed E-state index contributed by atoms with van der Waals surface area (Å²) in [5, 5.41) is 0. The number of carbonyl (C=O) groups excluding carboxylic acids is 1. The van der Waals surface area contributed by atoms with E-state index in [9.17, 15) is 31.1 Å². The van der Waals surface area contributed by atoms with E-state index in [1.807, 2.05) is 0 Å². The maximum atomic E-state index is 13.1. The molecule has 1 saturated heterocycles. The van der Waals surface area contributed by atoms with Crippen molar-refractivity contribution in [2.45, 2.75) is 57.3 Å². The smallest absolute Gasteiger partial charge is 0.406 e. The second-order valence-corrected chi connectivity index (χ2v) is 7.14. The number of nitrogens with zero attached hydrogens (tertiary/aromatic N) is 1. The Morgan fingerprint density at radius 1 is 1.00 bits per heavy atom. The van der Waals surface area contributed by atoms with Crippen LogP contribution in [0.2, 0.25) is 0 Å². The lowest BCUT2D eigenvalue weighted by atomic mass is 9.73. The number of amides is 1. The third-order valence-electron chi connectivity index (χ3n) is 5.12. The average molecular weight is 411 g/mol. The summed E-state index contributed by atoms with van der Waals surface area (Å²) in [7, 11) is 0. The van der Waals surface area contributed by atoms with Crippen molar-refractivity contribution < 1.29 is 40.6 Å². The van der Waals surface area contributed by atoms with Crippen LogP contribution in [-0.2, 0) is 9.53 Å². The van der Waals surface area contributed by atoms with Gasteiger partial charge in [-0.05, 0) is 37.1 Å². The van der Waals surface area contributed by atoms with Crippen LogP contribution in [0.3, 0.4) is 0 Å². The van der Waals surface area contributed by atoms with Crippen LogP contribution in [0, 0.1) is 5.41 Å². The van der Waals surface area contributed by atoms with Crippen LogP contribution < -0.4 is 9.64 Å². The Kier molecular flexibility index (Phi) is 5.53. The predicted molar refractivity (Wildman–Crippen MR) is 86.5 cm³/mol. The summed E-state index contributed by atoms with van der Waals surface area (Å²) in [5.74, 6) is -0.827. The molecule has 10 heteroatoms. The van der Waals surface area contributed by atoms with Crippen LogP contribution in [0.15, 0.2) is 24.3 Å². The third-order valence-corrected chi connectivity index (χ3v) is 5.12. The molecule has 0 bridgehead atoms. The molecule has 2 aliphatic rings. The van der Waals surface area contributed by atoms with Gasteiger partial charge in [0.05, 0.1) is 5.41 Å². The summed E-state index contributed by atoms with van der Waals surface area (Å²) in [6.07, 6.45) is -6.76. The lowest BCUT2D eigenvalue weighted by Gasteiger charge is -2.31. The van der Waals surface area contributed by atoms with E-state index in [0.717, 1.165) is 36.3 Å². The minimum absolute atomic E-state index is 0.128. The fourth-order valence-corrected chi connectivity index (χ4v) is 3.96. The van der Waals surface area contributed by atoms with Crippen LogP contribution in [0.4, 0.5) is 32.0 Å². The van der Waals surface area contributed by atoms with Gasteiger partial charge in [-0.15, -0.1) is 13.2 Å². The molecule has 1 unspecified atom stereocenters. The summed E-state index contributed by atoms with van der Waals surface area (Å²) in [6, 6.07) is 4.46. The van der Waals surface area contributed by atoms with E-state index in [2.05, 4.69) is 4.74 Å². The zero-order chi connectivity index (χ0) is 20.6. The highest BCUT2D eigenvalue weighted by molar-refractivity contribution is 6.00. The molecule has 28 heavy (non-hydrogen) atoms. The van der Waals surface area contributed by atoms with Crippen molar-refractivity contribution in [3.63, 3.8) is 0 Å². The van der Waals surface area contributed by atoms with Gasteiger partial charge in [-0.25, -0.2) is 0 Å². The van der Waals surface area contributed by atoms with Crippen molar-refractivity contribution in [2.75, 3.05) is 11.5 Å². The first kappa shape index (κ1) is 20.8. The van der Waals surface area contributed by atoms with Crippen molar-refractivity contribution in [2.24, 2.45) is 5.41 Å². The second kappa shape index (κ2) is 7.46. The van der Waals surface area contributed by atoms with E-state index in [1.54, 1.807) is 0 Å². The van der Waals surface area contributed by atoms with Gasteiger partial charge in [0.25, 0.3) is 0 Å². The maximum absolute atomic E-state index is 13.1. The molecular weight excluding hydrogens is 392 g/mol. The lowest BCUT2D eigenvalue weighted by Crippen LogP contribution is -2.39. The molecule has 1 aromatic rings. The Morgan fingerprint density at radius 3 is 2.14 bits per heavy atom. The summed E-state index contributed by atoms with van der Waals surface area (Å²) < 4.78 is 83.6. The Labute approximate surface area is 157 Å². The first-order chi connectivity index (χ1) is 13.0. The van der Waals surface area contributed by atoms with Gasteiger partial charge in [0.2, 0.25) is 5.91 Å². The Hall–Kier alpha value is -1.97. The molecule has 156 valence electrons. The molecule has 1 heterocycles. The van der Waals surface area contributed by atoms with Crippen LogP contribution in [0.5, 0.6) is 5.75 Å². The highest BCUT2D eigenvalue weighted by atomic mass is 19.4.